The minimum Gasteiger partial charge on any atom is -0.478 e. The Hall–Kier alpha value is -2.73. The standard InChI is InChI=1S/C14H9ClN4O2/c15-11-6-7-12(18-17-11)19-13(9-4-2-1-3-5-9)10(8-16-19)14(20)21/h1-8H,(H,20,21). The zero-order valence-electron chi connectivity index (χ0n) is 10.6. The van der Waals surface area contributed by atoms with E-state index in [0.717, 1.165) is 5.56 Å². The number of hydrogen-bond acceptors (Lipinski definition) is 4. The third kappa shape index (κ3) is 2.48. The van der Waals surface area contributed by atoms with Gasteiger partial charge < -0.3 is 5.11 Å². The molecule has 2 heterocycles. The lowest BCUT2D eigenvalue weighted by molar-refractivity contribution is 0.0697. The Labute approximate surface area is 124 Å². The molecule has 104 valence electrons. The minimum atomic E-state index is -1.05. The first-order chi connectivity index (χ1) is 10.2. The molecule has 0 aliphatic carbocycles. The Morgan fingerprint density at radius 2 is 1.86 bits per heavy atom. The normalized spacial score (nSPS) is 10.5. The van der Waals surface area contributed by atoms with Crippen molar-refractivity contribution in [3.05, 3.63) is 59.4 Å². The van der Waals surface area contributed by atoms with E-state index >= 15 is 0 Å². The van der Waals surface area contributed by atoms with Crippen molar-refractivity contribution in [3.63, 3.8) is 0 Å². The van der Waals surface area contributed by atoms with Crippen LogP contribution in [0.2, 0.25) is 5.15 Å². The van der Waals surface area contributed by atoms with E-state index in [1.54, 1.807) is 12.1 Å². The highest BCUT2D eigenvalue weighted by molar-refractivity contribution is 6.29. The zero-order chi connectivity index (χ0) is 14.8. The number of aromatic nitrogens is 4. The number of aromatic carboxylic acids is 1. The van der Waals surface area contributed by atoms with Crippen molar-refractivity contribution in [2.24, 2.45) is 0 Å². The quantitative estimate of drug-likeness (QED) is 0.804. The highest BCUT2D eigenvalue weighted by Crippen LogP contribution is 2.25. The highest BCUT2D eigenvalue weighted by atomic mass is 35.5. The first-order valence-corrected chi connectivity index (χ1v) is 6.41. The Bertz CT molecular complexity index is 784. The maximum atomic E-state index is 11.4. The average Bonchev–Trinajstić information content (AvgIpc) is 2.94. The summed E-state index contributed by atoms with van der Waals surface area (Å²) >= 11 is 5.71. The van der Waals surface area contributed by atoms with E-state index in [1.807, 2.05) is 30.3 Å². The van der Waals surface area contributed by atoms with E-state index in [2.05, 4.69) is 15.3 Å². The van der Waals surface area contributed by atoms with Crippen LogP contribution in [0.15, 0.2) is 48.7 Å². The van der Waals surface area contributed by atoms with E-state index < -0.39 is 5.97 Å². The summed E-state index contributed by atoms with van der Waals surface area (Å²) in [6, 6.07) is 12.3. The van der Waals surface area contributed by atoms with Crippen molar-refractivity contribution in [1.82, 2.24) is 20.0 Å². The number of carboxylic acids is 1. The average molecular weight is 301 g/mol. The van der Waals surface area contributed by atoms with Crippen molar-refractivity contribution >= 4 is 17.6 Å². The van der Waals surface area contributed by atoms with Gasteiger partial charge in [0.2, 0.25) is 0 Å². The number of hydrogen-bond donors (Lipinski definition) is 1. The third-order valence-electron chi connectivity index (χ3n) is 2.88. The first-order valence-electron chi connectivity index (χ1n) is 6.03. The molecule has 6 nitrogen and oxygen atoms in total. The van der Waals surface area contributed by atoms with Crippen molar-refractivity contribution in [3.8, 4) is 17.1 Å². The molecule has 0 saturated carbocycles. The van der Waals surface area contributed by atoms with E-state index in [4.69, 9.17) is 11.6 Å². The van der Waals surface area contributed by atoms with Crippen molar-refractivity contribution < 1.29 is 9.90 Å². The first kappa shape index (κ1) is 13.3. The second kappa shape index (κ2) is 5.34. The number of benzene rings is 1. The molecule has 0 unspecified atom stereocenters. The van der Waals surface area contributed by atoms with Gasteiger partial charge in [0, 0.05) is 5.56 Å². The van der Waals surface area contributed by atoms with Crippen LogP contribution in [-0.2, 0) is 0 Å². The van der Waals surface area contributed by atoms with Crippen LogP contribution in [-0.4, -0.2) is 31.1 Å². The molecule has 2 aromatic heterocycles. The van der Waals surface area contributed by atoms with E-state index in [9.17, 15) is 9.90 Å². The fraction of sp³-hybridized carbons (Fsp3) is 0. The van der Waals surface area contributed by atoms with Gasteiger partial charge in [-0.15, -0.1) is 10.2 Å². The number of carbonyl (C=O) groups is 1. The van der Waals surface area contributed by atoms with Crippen LogP contribution in [0.3, 0.4) is 0 Å². The molecule has 3 rings (SSSR count). The van der Waals surface area contributed by atoms with Gasteiger partial charge >= 0.3 is 5.97 Å². The second-order valence-corrected chi connectivity index (χ2v) is 4.59. The smallest absolute Gasteiger partial charge is 0.339 e. The molecule has 0 aliphatic rings. The molecule has 0 fully saturated rings. The predicted molar refractivity (Wildman–Crippen MR) is 76.6 cm³/mol. The van der Waals surface area contributed by atoms with E-state index in [-0.39, 0.29) is 10.7 Å². The lowest BCUT2D eigenvalue weighted by Gasteiger charge is -2.07. The molecule has 7 heteroatoms. The molecule has 3 aromatic rings. The van der Waals surface area contributed by atoms with Crippen LogP contribution < -0.4 is 0 Å². The summed E-state index contributed by atoms with van der Waals surface area (Å²) in [5, 5.41) is 21.4. The minimum absolute atomic E-state index is 0.0953. The summed E-state index contributed by atoms with van der Waals surface area (Å²) in [7, 11) is 0. The summed E-state index contributed by atoms with van der Waals surface area (Å²) in [5.41, 5.74) is 1.27. The van der Waals surface area contributed by atoms with Crippen molar-refractivity contribution in [1.29, 1.82) is 0 Å². The molecule has 21 heavy (non-hydrogen) atoms. The van der Waals surface area contributed by atoms with Gasteiger partial charge in [-0.1, -0.05) is 41.9 Å². The van der Waals surface area contributed by atoms with Crippen LogP contribution in [0.1, 0.15) is 10.4 Å². The third-order valence-corrected chi connectivity index (χ3v) is 3.08. The Morgan fingerprint density at radius 3 is 2.48 bits per heavy atom. The lowest BCUT2D eigenvalue weighted by atomic mass is 10.1. The summed E-state index contributed by atoms with van der Waals surface area (Å²) in [6.07, 6.45) is 1.29. The summed E-state index contributed by atoms with van der Waals surface area (Å²) in [6.45, 7) is 0. The number of halogens is 1. The Morgan fingerprint density at radius 1 is 1.10 bits per heavy atom. The number of rotatable bonds is 3. The summed E-state index contributed by atoms with van der Waals surface area (Å²) < 4.78 is 1.43. The van der Waals surface area contributed by atoms with Gasteiger partial charge in [-0.2, -0.15) is 5.10 Å². The molecular weight excluding hydrogens is 292 g/mol. The topological polar surface area (TPSA) is 80.9 Å². The van der Waals surface area contributed by atoms with E-state index in [1.165, 1.54) is 10.9 Å². The molecule has 1 aromatic carbocycles. The SMILES string of the molecule is O=C(O)c1cnn(-c2ccc(Cl)nn2)c1-c1ccccc1. The summed E-state index contributed by atoms with van der Waals surface area (Å²) in [5.74, 6) is -0.659. The fourth-order valence-corrected chi connectivity index (χ4v) is 2.08. The molecular formula is C14H9ClN4O2. The predicted octanol–water partition coefficient (Wildman–Crippen LogP) is 2.68. The summed E-state index contributed by atoms with van der Waals surface area (Å²) in [4.78, 5) is 11.4. The lowest BCUT2D eigenvalue weighted by Crippen LogP contribution is -2.05. The van der Waals surface area contributed by atoms with Crippen molar-refractivity contribution in [2.75, 3.05) is 0 Å². The molecule has 0 atom stereocenters. The molecule has 0 bridgehead atoms. The van der Waals surface area contributed by atoms with Crippen LogP contribution in [0.25, 0.3) is 17.1 Å². The maximum Gasteiger partial charge on any atom is 0.339 e. The van der Waals surface area contributed by atoms with E-state index in [0.29, 0.717) is 11.5 Å². The van der Waals surface area contributed by atoms with Crippen LogP contribution >= 0.6 is 11.6 Å². The number of nitrogens with zero attached hydrogens (tertiary/aromatic N) is 4. The number of carboxylic acid groups (broad SMARTS) is 1. The van der Waals surface area contributed by atoms with Crippen LogP contribution in [0.4, 0.5) is 0 Å². The fourth-order valence-electron chi connectivity index (χ4n) is 1.97. The largest absolute Gasteiger partial charge is 0.478 e. The molecule has 0 saturated heterocycles. The van der Waals surface area contributed by atoms with Gasteiger partial charge in [0.1, 0.15) is 5.56 Å². The molecule has 0 spiro atoms. The van der Waals surface area contributed by atoms with Gasteiger partial charge in [0.05, 0.1) is 11.9 Å². The maximum absolute atomic E-state index is 11.4. The molecule has 1 N–H and O–H groups in total. The molecule has 0 aliphatic heterocycles. The molecule has 0 amide bonds. The second-order valence-electron chi connectivity index (χ2n) is 4.20. The Balaban J connectivity index is 2.22. The van der Waals surface area contributed by atoms with Crippen molar-refractivity contribution in [2.45, 2.75) is 0 Å². The molecule has 0 radical (unpaired) electrons. The van der Waals surface area contributed by atoms with Gasteiger partial charge in [-0.25, -0.2) is 9.48 Å². The monoisotopic (exact) mass is 300 g/mol. The van der Waals surface area contributed by atoms with Crippen LogP contribution in [0, 0.1) is 0 Å². The van der Waals surface area contributed by atoms with Gasteiger partial charge in [-0.05, 0) is 12.1 Å². The van der Waals surface area contributed by atoms with Crippen LogP contribution in [0.5, 0.6) is 0 Å². The highest BCUT2D eigenvalue weighted by Gasteiger charge is 2.19. The zero-order valence-corrected chi connectivity index (χ0v) is 11.4. The van der Waals surface area contributed by atoms with Gasteiger partial charge in [0.15, 0.2) is 11.0 Å². The Kier molecular flexibility index (Phi) is 3.37. The van der Waals surface area contributed by atoms with Gasteiger partial charge in [0.25, 0.3) is 0 Å². The van der Waals surface area contributed by atoms with Gasteiger partial charge in [-0.3, -0.25) is 0 Å².